The van der Waals surface area contributed by atoms with E-state index >= 15 is 0 Å². The fraction of sp³-hybridized carbons (Fsp3) is 0.586. The molecular weight excluding hydrogens is 468 g/mol. The molecule has 0 fully saturated rings. The molecule has 0 bridgehead atoms. The lowest BCUT2D eigenvalue weighted by molar-refractivity contribution is -0.134. The molecule has 1 aromatic rings. The predicted octanol–water partition coefficient (Wildman–Crippen LogP) is 2.44. The standard InChI is InChI=1S/C29H44N4O4/c1-7-19(6)26(33-29(37)25(18(4)5)32-27(35)23(30)14-17(2)3)28(36)31-16-24(34)22-13-12-20-10-8-9-11-21(20)15-22/h8-11,13,17-19,23,25-26H,7,12,14-16,30H2,1-6H3,(H,31,36)(H,32,35)(H,33,37)/t19-,23-,25-,26-/m0/s1. The van der Waals surface area contributed by atoms with E-state index in [1.807, 2.05) is 65.8 Å². The number of benzene rings is 1. The average molecular weight is 513 g/mol. The lowest BCUT2D eigenvalue weighted by Gasteiger charge is -2.28. The van der Waals surface area contributed by atoms with E-state index in [4.69, 9.17) is 5.73 Å². The maximum atomic E-state index is 13.2. The first-order valence-corrected chi connectivity index (χ1v) is 13.4. The highest BCUT2D eigenvalue weighted by Gasteiger charge is 2.32. The highest BCUT2D eigenvalue weighted by Crippen LogP contribution is 2.21. The van der Waals surface area contributed by atoms with Gasteiger partial charge in [0.15, 0.2) is 5.78 Å². The second kappa shape index (κ2) is 14.1. The Balaban J connectivity index is 2.02. The molecule has 0 saturated heterocycles. The van der Waals surface area contributed by atoms with Crippen molar-refractivity contribution >= 4 is 23.5 Å². The maximum Gasteiger partial charge on any atom is 0.243 e. The third-order valence-electron chi connectivity index (χ3n) is 6.95. The van der Waals surface area contributed by atoms with Crippen molar-refractivity contribution in [3.63, 3.8) is 0 Å². The van der Waals surface area contributed by atoms with E-state index in [1.165, 1.54) is 5.56 Å². The Morgan fingerprint density at radius 2 is 1.51 bits per heavy atom. The van der Waals surface area contributed by atoms with Crippen LogP contribution in [-0.2, 0) is 32.0 Å². The van der Waals surface area contributed by atoms with Crippen molar-refractivity contribution < 1.29 is 19.2 Å². The summed E-state index contributed by atoms with van der Waals surface area (Å²) >= 11 is 0. The second-order valence-corrected chi connectivity index (χ2v) is 10.9. The Bertz CT molecular complexity index is 1000. The molecule has 1 aliphatic carbocycles. The predicted molar refractivity (Wildman–Crippen MR) is 146 cm³/mol. The molecule has 0 saturated carbocycles. The third-order valence-corrected chi connectivity index (χ3v) is 6.95. The van der Waals surface area contributed by atoms with Gasteiger partial charge in [-0.2, -0.15) is 0 Å². The van der Waals surface area contributed by atoms with E-state index in [9.17, 15) is 19.2 Å². The Hall–Kier alpha value is -3.00. The summed E-state index contributed by atoms with van der Waals surface area (Å²) in [4.78, 5) is 51.7. The van der Waals surface area contributed by atoms with Gasteiger partial charge in [-0.15, -0.1) is 0 Å². The number of allylic oxidation sites excluding steroid dienone is 1. The molecule has 0 unspecified atom stereocenters. The molecule has 1 aromatic carbocycles. The zero-order valence-corrected chi connectivity index (χ0v) is 23.1. The summed E-state index contributed by atoms with van der Waals surface area (Å²) < 4.78 is 0. The summed E-state index contributed by atoms with van der Waals surface area (Å²) in [5.41, 5.74) is 9.01. The summed E-state index contributed by atoms with van der Waals surface area (Å²) in [5, 5.41) is 8.29. The number of hydrogen-bond acceptors (Lipinski definition) is 5. The molecule has 1 aliphatic rings. The number of hydrogen-bond donors (Lipinski definition) is 4. The average Bonchev–Trinajstić information content (AvgIpc) is 2.86. The van der Waals surface area contributed by atoms with Crippen molar-refractivity contribution in [2.24, 2.45) is 23.5 Å². The van der Waals surface area contributed by atoms with E-state index in [-0.39, 0.29) is 36.0 Å². The lowest BCUT2D eigenvalue weighted by Crippen LogP contribution is -2.59. The topological polar surface area (TPSA) is 130 Å². The van der Waals surface area contributed by atoms with Crippen LogP contribution < -0.4 is 21.7 Å². The van der Waals surface area contributed by atoms with Gasteiger partial charge in [-0.3, -0.25) is 19.2 Å². The monoisotopic (exact) mass is 512 g/mol. The van der Waals surface area contributed by atoms with Gasteiger partial charge in [-0.25, -0.2) is 0 Å². The van der Waals surface area contributed by atoms with Gasteiger partial charge in [0.05, 0.1) is 12.6 Å². The highest BCUT2D eigenvalue weighted by molar-refractivity contribution is 6.00. The van der Waals surface area contributed by atoms with Gasteiger partial charge in [0.25, 0.3) is 0 Å². The summed E-state index contributed by atoms with van der Waals surface area (Å²) in [7, 11) is 0. The number of ketones is 1. The fourth-order valence-corrected chi connectivity index (χ4v) is 4.40. The third kappa shape index (κ3) is 8.81. The van der Waals surface area contributed by atoms with Crippen molar-refractivity contribution in [3.8, 4) is 0 Å². The molecule has 0 aromatic heterocycles. The van der Waals surface area contributed by atoms with Crippen molar-refractivity contribution in [2.45, 2.75) is 85.4 Å². The van der Waals surface area contributed by atoms with Gasteiger partial charge in [0, 0.05) is 6.42 Å². The first kappa shape index (κ1) is 30.2. The molecule has 204 valence electrons. The van der Waals surface area contributed by atoms with Crippen LogP contribution in [0.4, 0.5) is 0 Å². The molecule has 0 heterocycles. The first-order chi connectivity index (χ1) is 17.4. The number of nitrogens with two attached hydrogens (primary N) is 1. The number of amides is 3. The van der Waals surface area contributed by atoms with E-state index in [0.717, 1.165) is 5.56 Å². The molecule has 8 nitrogen and oxygen atoms in total. The quantitative estimate of drug-likeness (QED) is 0.323. The van der Waals surface area contributed by atoms with Crippen molar-refractivity contribution in [1.82, 2.24) is 16.0 Å². The zero-order chi connectivity index (χ0) is 27.7. The molecule has 37 heavy (non-hydrogen) atoms. The van der Waals surface area contributed by atoms with E-state index in [2.05, 4.69) is 22.0 Å². The lowest BCUT2D eigenvalue weighted by atomic mass is 9.89. The summed E-state index contributed by atoms with van der Waals surface area (Å²) in [6.07, 6.45) is 4.31. The van der Waals surface area contributed by atoms with Gasteiger partial charge < -0.3 is 21.7 Å². The molecule has 4 atom stereocenters. The fourth-order valence-electron chi connectivity index (χ4n) is 4.40. The molecule has 0 spiro atoms. The van der Waals surface area contributed by atoms with E-state index < -0.39 is 29.9 Å². The van der Waals surface area contributed by atoms with Gasteiger partial charge in [0.2, 0.25) is 17.7 Å². The molecule has 2 rings (SSSR count). The van der Waals surface area contributed by atoms with Crippen LogP contribution in [0.2, 0.25) is 0 Å². The maximum absolute atomic E-state index is 13.2. The largest absolute Gasteiger partial charge is 0.347 e. The Morgan fingerprint density at radius 1 is 0.892 bits per heavy atom. The zero-order valence-electron chi connectivity index (χ0n) is 23.1. The molecule has 0 radical (unpaired) electrons. The number of carbonyl (C=O) groups excluding carboxylic acids is 4. The van der Waals surface area contributed by atoms with Gasteiger partial charge in [0.1, 0.15) is 12.1 Å². The molecule has 8 heteroatoms. The van der Waals surface area contributed by atoms with Crippen molar-refractivity contribution in [3.05, 3.63) is 47.0 Å². The molecule has 3 amide bonds. The number of Topliss-reactive ketones (excluding diaryl/α,β-unsaturated/α-hetero) is 1. The highest BCUT2D eigenvalue weighted by atomic mass is 16.2. The van der Waals surface area contributed by atoms with Crippen LogP contribution in [0, 0.1) is 17.8 Å². The minimum Gasteiger partial charge on any atom is -0.347 e. The van der Waals surface area contributed by atoms with Gasteiger partial charge >= 0.3 is 0 Å². The Labute approximate surface area is 221 Å². The number of carbonyl (C=O) groups is 4. The van der Waals surface area contributed by atoms with E-state index in [1.54, 1.807) is 0 Å². The number of rotatable bonds is 13. The second-order valence-electron chi connectivity index (χ2n) is 10.9. The SMILES string of the molecule is CC[C@H](C)[C@H](NC(=O)[C@@H](NC(=O)[C@@H](N)CC(C)C)C(C)C)C(=O)NCC(=O)C1=CCc2ccccc2C1. The molecule has 5 N–H and O–H groups in total. The molecule has 0 aliphatic heterocycles. The minimum atomic E-state index is -0.839. The van der Waals surface area contributed by atoms with Crippen LogP contribution in [-0.4, -0.2) is 48.2 Å². The van der Waals surface area contributed by atoms with Gasteiger partial charge in [-0.05, 0) is 47.3 Å². The smallest absolute Gasteiger partial charge is 0.243 e. The number of fused-ring (bicyclic) bond motifs is 1. The summed E-state index contributed by atoms with van der Waals surface area (Å²) in [5.74, 6) is -1.53. The molecular formula is C29H44N4O4. The van der Waals surface area contributed by atoms with Crippen LogP contribution in [0.15, 0.2) is 35.9 Å². The Morgan fingerprint density at radius 3 is 2.11 bits per heavy atom. The Kier molecular flexibility index (Phi) is 11.5. The van der Waals surface area contributed by atoms with Crippen LogP contribution in [0.1, 0.15) is 65.5 Å². The van der Waals surface area contributed by atoms with Crippen LogP contribution in [0.5, 0.6) is 0 Å². The van der Waals surface area contributed by atoms with Crippen LogP contribution in [0.25, 0.3) is 0 Å². The van der Waals surface area contributed by atoms with Crippen molar-refractivity contribution in [2.75, 3.05) is 6.54 Å². The summed E-state index contributed by atoms with van der Waals surface area (Å²) in [6, 6.07) is 5.63. The van der Waals surface area contributed by atoms with Crippen LogP contribution in [0.3, 0.4) is 0 Å². The van der Waals surface area contributed by atoms with Gasteiger partial charge in [-0.1, -0.05) is 78.3 Å². The normalized spacial score (nSPS) is 16.2. The summed E-state index contributed by atoms with van der Waals surface area (Å²) in [6.45, 7) is 11.3. The van der Waals surface area contributed by atoms with Crippen LogP contribution >= 0.6 is 0 Å². The first-order valence-electron chi connectivity index (χ1n) is 13.4. The number of nitrogens with one attached hydrogen (secondary N) is 3. The minimum absolute atomic E-state index is 0.135. The van der Waals surface area contributed by atoms with Crippen molar-refractivity contribution in [1.29, 1.82) is 0 Å². The van der Waals surface area contributed by atoms with E-state index in [0.29, 0.717) is 31.3 Å².